The number of amides is 2. The number of carbonyl (C=O) groups is 1. The molecule has 1 aliphatic carbocycles. The maximum Gasteiger partial charge on any atom is 0.319 e. The number of aliphatic hydroxyl groups excluding tert-OH is 1. The summed E-state index contributed by atoms with van der Waals surface area (Å²) < 4.78 is 0. The third kappa shape index (κ3) is 4.07. The zero-order valence-electron chi connectivity index (χ0n) is 15.6. The first-order valence-corrected chi connectivity index (χ1v) is 9.67. The summed E-state index contributed by atoms with van der Waals surface area (Å²) in [5.41, 5.74) is 5.05. The lowest BCUT2D eigenvalue weighted by molar-refractivity contribution is 0.159. The molecule has 0 spiro atoms. The van der Waals surface area contributed by atoms with Crippen molar-refractivity contribution < 1.29 is 9.90 Å². The Morgan fingerprint density at radius 1 is 0.893 bits per heavy atom. The van der Waals surface area contributed by atoms with Crippen molar-refractivity contribution in [2.75, 3.05) is 5.32 Å². The minimum Gasteiger partial charge on any atom is -0.393 e. The summed E-state index contributed by atoms with van der Waals surface area (Å²) in [6, 6.07) is 25.3. The molecule has 0 fully saturated rings. The van der Waals surface area contributed by atoms with Crippen LogP contribution in [0.1, 0.15) is 34.7 Å². The Kier molecular flexibility index (Phi) is 5.40. The van der Waals surface area contributed by atoms with E-state index in [2.05, 4.69) is 16.7 Å². The van der Waals surface area contributed by atoms with E-state index >= 15 is 0 Å². The molecule has 3 N–H and O–H groups in total. The van der Waals surface area contributed by atoms with Crippen LogP contribution in [0.15, 0.2) is 78.9 Å². The van der Waals surface area contributed by atoms with Gasteiger partial charge in [0.25, 0.3) is 0 Å². The highest BCUT2D eigenvalue weighted by Gasteiger charge is 2.21. The SMILES string of the molecule is O=C(Nc1cccc2c1CC(O)CC2)NC(c1ccccc1)c1ccccc1. The predicted octanol–water partition coefficient (Wildman–Crippen LogP) is 4.45. The minimum atomic E-state index is -0.347. The molecule has 4 nitrogen and oxygen atoms in total. The summed E-state index contributed by atoms with van der Waals surface area (Å²) in [6.07, 6.45) is 1.84. The number of benzene rings is 3. The van der Waals surface area contributed by atoms with Crippen molar-refractivity contribution in [3.8, 4) is 0 Å². The average Bonchev–Trinajstić information content (AvgIpc) is 2.74. The molecule has 1 aliphatic rings. The Morgan fingerprint density at radius 3 is 2.18 bits per heavy atom. The molecule has 0 saturated carbocycles. The van der Waals surface area contributed by atoms with Gasteiger partial charge in [-0.25, -0.2) is 4.79 Å². The summed E-state index contributed by atoms with van der Waals surface area (Å²) in [6.45, 7) is 0. The maximum atomic E-state index is 12.9. The van der Waals surface area contributed by atoms with E-state index in [4.69, 9.17) is 0 Å². The molecule has 1 unspecified atom stereocenters. The molecule has 0 radical (unpaired) electrons. The van der Waals surface area contributed by atoms with Gasteiger partial charge in [0.2, 0.25) is 0 Å². The van der Waals surface area contributed by atoms with Gasteiger partial charge >= 0.3 is 6.03 Å². The zero-order valence-corrected chi connectivity index (χ0v) is 15.6. The Morgan fingerprint density at radius 2 is 1.54 bits per heavy atom. The Labute approximate surface area is 165 Å². The fraction of sp³-hybridized carbons (Fsp3) is 0.208. The number of hydrogen-bond donors (Lipinski definition) is 3. The van der Waals surface area contributed by atoms with Crippen molar-refractivity contribution in [2.45, 2.75) is 31.4 Å². The van der Waals surface area contributed by atoms with Crippen LogP contribution in [0.3, 0.4) is 0 Å². The van der Waals surface area contributed by atoms with Crippen LogP contribution in [0.25, 0.3) is 0 Å². The molecule has 1 atom stereocenters. The lowest BCUT2D eigenvalue weighted by Gasteiger charge is -2.24. The molecule has 4 rings (SSSR count). The van der Waals surface area contributed by atoms with Gasteiger partial charge in [-0.05, 0) is 41.2 Å². The molecule has 142 valence electrons. The molecular weight excluding hydrogens is 348 g/mol. The molecule has 4 heteroatoms. The molecule has 3 aromatic carbocycles. The topological polar surface area (TPSA) is 61.4 Å². The van der Waals surface area contributed by atoms with Crippen molar-refractivity contribution in [2.24, 2.45) is 0 Å². The summed E-state index contributed by atoms with van der Waals surface area (Å²) in [5.74, 6) is 0. The number of anilines is 1. The zero-order chi connectivity index (χ0) is 19.3. The highest BCUT2D eigenvalue weighted by atomic mass is 16.3. The van der Waals surface area contributed by atoms with Crippen molar-refractivity contribution >= 4 is 11.7 Å². The Balaban J connectivity index is 1.56. The van der Waals surface area contributed by atoms with Gasteiger partial charge in [0.15, 0.2) is 0 Å². The van der Waals surface area contributed by atoms with Crippen molar-refractivity contribution in [3.05, 3.63) is 101 Å². The third-order valence-electron chi connectivity index (χ3n) is 5.25. The van der Waals surface area contributed by atoms with Crippen molar-refractivity contribution in [1.29, 1.82) is 0 Å². The molecule has 2 amide bonds. The van der Waals surface area contributed by atoms with Crippen LogP contribution in [-0.4, -0.2) is 17.2 Å². The van der Waals surface area contributed by atoms with E-state index in [1.807, 2.05) is 72.8 Å². The maximum absolute atomic E-state index is 12.9. The van der Waals surface area contributed by atoms with Crippen LogP contribution < -0.4 is 10.6 Å². The van der Waals surface area contributed by atoms with Crippen LogP contribution in [0.4, 0.5) is 10.5 Å². The van der Waals surface area contributed by atoms with E-state index in [0.717, 1.165) is 35.2 Å². The van der Waals surface area contributed by atoms with E-state index < -0.39 is 0 Å². The van der Waals surface area contributed by atoms with Crippen LogP contribution in [0.5, 0.6) is 0 Å². The van der Waals surface area contributed by atoms with Crippen LogP contribution >= 0.6 is 0 Å². The first-order valence-electron chi connectivity index (χ1n) is 9.67. The fourth-order valence-electron chi connectivity index (χ4n) is 3.83. The lowest BCUT2D eigenvalue weighted by Crippen LogP contribution is -2.34. The number of rotatable bonds is 4. The number of fused-ring (bicyclic) bond motifs is 1. The van der Waals surface area contributed by atoms with Gasteiger partial charge in [-0.3, -0.25) is 0 Å². The third-order valence-corrected chi connectivity index (χ3v) is 5.25. The number of carbonyl (C=O) groups excluding carboxylic acids is 1. The van der Waals surface area contributed by atoms with Crippen molar-refractivity contribution in [3.63, 3.8) is 0 Å². The van der Waals surface area contributed by atoms with Crippen LogP contribution in [-0.2, 0) is 12.8 Å². The smallest absolute Gasteiger partial charge is 0.319 e. The number of hydrogen-bond acceptors (Lipinski definition) is 2. The Bertz CT molecular complexity index is 902. The summed E-state index contributed by atoms with van der Waals surface area (Å²) in [7, 11) is 0. The van der Waals surface area contributed by atoms with Crippen LogP contribution in [0.2, 0.25) is 0 Å². The van der Waals surface area contributed by atoms with Gasteiger partial charge < -0.3 is 15.7 Å². The molecule has 28 heavy (non-hydrogen) atoms. The largest absolute Gasteiger partial charge is 0.393 e. The van der Waals surface area contributed by atoms with E-state index in [-0.39, 0.29) is 18.2 Å². The summed E-state index contributed by atoms with van der Waals surface area (Å²) in [5, 5.41) is 16.1. The van der Waals surface area contributed by atoms with Gasteiger partial charge in [-0.15, -0.1) is 0 Å². The molecule has 0 heterocycles. The van der Waals surface area contributed by atoms with Gasteiger partial charge in [-0.1, -0.05) is 72.8 Å². The highest BCUT2D eigenvalue weighted by Crippen LogP contribution is 2.28. The average molecular weight is 372 g/mol. The summed E-state index contributed by atoms with van der Waals surface area (Å²) in [4.78, 5) is 12.9. The number of urea groups is 1. The van der Waals surface area contributed by atoms with Gasteiger partial charge in [0, 0.05) is 12.1 Å². The van der Waals surface area contributed by atoms with Crippen molar-refractivity contribution in [1.82, 2.24) is 5.32 Å². The minimum absolute atomic E-state index is 0.243. The molecular formula is C24H24N2O2. The molecule has 0 aromatic heterocycles. The van der Waals surface area contributed by atoms with Gasteiger partial charge in [0.05, 0.1) is 12.1 Å². The second-order valence-corrected chi connectivity index (χ2v) is 7.19. The molecule has 3 aromatic rings. The number of aliphatic hydroxyl groups is 1. The molecule has 0 aliphatic heterocycles. The van der Waals surface area contributed by atoms with E-state index in [1.165, 1.54) is 5.56 Å². The number of aryl methyl sites for hydroxylation is 1. The van der Waals surface area contributed by atoms with Crippen LogP contribution in [0, 0.1) is 0 Å². The van der Waals surface area contributed by atoms with Gasteiger partial charge in [0.1, 0.15) is 0 Å². The second kappa shape index (κ2) is 8.28. The van der Waals surface area contributed by atoms with E-state index in [0.29, 0.717) is 6.42 Å². The predicted molar refractivity (Wildman–Crippen MR) is 111 cm³/mol. The van der Waals surface area contributed by atoms with E-state index in [1.54, 1.807) is 0 Å². The first kappa shape index (κ1) is 18.3. The first-order chi connectivity index (χ1) is 13.7. The van der Waals surface area contributed by atoms with Gasteiger partial charge in [-0.2, -0.15) is 0 Å². The summed E-state index contributed by atoms with van der Waals surface area (Å²) >= 11 is 0. The normalized spacial score (nSPS) is 15.7. The molecule has 0 saturated heterocycles. The molecule has 0 bridgehead atoms. The second-order valence-electron chi connectivity index (χ2n) is 7.19. The standard InChI is InChI=1S/C24H24N2O2/c27-20-15-14-17-12-7-13-22(21(17)16-20)25-24(28)26-23(18-8-3-1-4-9-18)19-10-5-2-6-11-19/h1-13,20,23,27H,14-16H2,(H2,25,26,28). The highest BCUT2D eigenvalue weighted by molar-refractivity contribution is 5.91. The lowest BCUT2D eigenvalue weighted by atomic mass is 9.88. The quantitative estimate of drug-likeness (QED) is 0.634. The fourth-order valence-corrected chi connectivity index (χ4v) is 3.83. The number of nitrogens with one attached hydrogen (secondary N) is 2. The Hall–Kier alpha value is -3.11. The van der Waals surface area contributed by atoms with E-state index in [9.17, 15) is 9.90 Å². The monoisotopic (exact) mass is 372 g/mol.